The molecule has 2 aromatic rings. The number of carbonyl (C=O) groups excluding carboxylic acids is 1. The number of nitrogens with one attached hydrogen (secondary N) is 1. The van der Waals surface area contributed by atoms with Gasteiger partial charge in [-0.1, -0.05) is 44.2 Å². The van der Waals surface area contributed by atoms with Crippen LogP contribution in [-0.2, 0) is 4.74 Å². The molecule has 1 amide bonds. The molecule has 1 aromatic heterocycles. The number of nitrogens with zero attached hydrogens (tertiary/aromatic N) is 1. The number of aryl methyl sites for hydroxylation is 1. The van der Waals surface area contributed by atoms with Crippen molar-refractivity contribution in [1.29, 1.82) is 0 Å². The zero-order valence-electron chi connectivity index (χ0n) is 19.7. The highest BCUT2D eigenvalue weighted by atomic mass is 19.4. The molecule has 0 saturated carbocycles. The van der Waals surface area contributed by atoms with Gasteiger partial charge in [-0.3, -0.25) is 9.78 Å². The fourth-order valence-corrected chi connectivity index (χ4v) is 2.79. The van der Waals surface area contributed by atoms with Crippen LogP contribution in [0, 0.1) is 6.92 Å². The number of halogens is 3. The number of alkyl halides is 3. The lowest BCUT2D eigenvalue weighted by Gasteiger charge is -2.23. The van der Waals surface area contributed by atoms with Crippen LogP contribution in [0.25, 0.3) is 5.57 Å². The Hall–Kier alpha value is -2.93. The van der Waals surface area contributed by atoms with Gasteiger partial charge in [0.2, 0.25) is 0 Å². The Kier molecular flexibility index (Phi) is 12.1. The normalized spacial score (nSPS) is 14.2. The largest absolute Gasteiger partial charge is 0.412 e. The predicted octanol–water partition coefficient (Wildman–Crippen LogP) is 6.53. The summed E-state index contributed by atoms with van der Waals surface area (Å²) in [7, 11) is 0. The molecule has 2 heterocycles. The van der Waals surface area contributed by atoms with E-state index in [1.807, 2.05) is 45.0 Å². The van der Waals surface area contributed by atoms with Gasteiger partial charge in [0.05, 0.1) is 0 Å². The molecule has 7 heteroatoms. The van der Waals surface area contributed by atoms with E-state index in [1.54, 1.807) is 18.3 Å². The van der Waals surface area contributed by atoms with Crippen molar-refractivity contribution in [3.05, 3.63) is 83.7 Å². The third kappa shape index (κ3) is 10.5. The summed E-state index contributed by atoms with van der Waals surface area (Å²) in [5.41, 5.74) is 2.12. The maximum atomic E-state index is 12.2. The lowest BCUT2D eigenvalue weighted by molar-refractivity contribution is -0.0912. The van der Waals surface area contributed by atoms with Gasteiger partial charge in [0.15, 0.2) is 0 Å². The Labute approximate surface area is 194 Å². The number of rotatable bonds is 4. The first kappa shape index (κ1) is 28.1. The highest BCUT2D eigenvalue weighted by Gasteiger charge is 2.29. The van der Waals surface area contributed by atoms with Gasteiger partial charge in [-0.15, -0.1) is 0 Å². The van der Waals surface area contributed by atoms with Crippen LogP contribution >= 0.6 is 0 Å². The quantitative estimate of drug-likeness (QED) is 0.526. The maximum Gasteiger partial charge on any atom is 0.412 e. The van der Waals surface area contributed by atoms with Crippen molar-refractivity contribution in [3.8, 4) is 0 Å². The van der Waals surface area contributed by atoms with E-state index >= 15 is 0 Å². The second kappa shape index (κ2) is 14.3. The number of amides is 1. The van der Waals surface area contributed by atoms with Gasteiger partial charge in [0.25, 0.3) is 5.91 Å². The second-order valence-corrected chi connectivity index (χ2v) is 7.32. The average molecular weight is 463 g/mol. The lowest BCUT2D eigenvalue weighted by Crippen LogP contribution is -2.38. The summed E-state index contributed by atoms with van der Waals surface area (Å²) in [6.45, 7) is 12.1. The molecule has 1 saturated heterocycles. The van der Waals surface area contributed by atoms with Crippen molar-refractivity contribution in [2.45, 2.75) is 52.8 Å². The number of pyridine rings is 1. The third-order valence-corrected chi connectivity index (χ3v) is 4.74. The minimum atomic E-state index is -4.30. The number of aromatic nitrogens is 1. The molecule has 0 atom stereocenters. The van der Waals surface area contributed by atoms with Crippen LogP contribution in [0.3, 0.4) is 0 Å². The number of allylic oxidation sites excluding steroid dienone is 3. The summed E-state index contributed by atoms with van der Waals surface area (Å²) >= 11 is 0. The van der Waals surface area contributed by atoms with Crippen LogP contribution in [0.2, 0.25) is 0 Å². The van der Waals surface area contributed by atoms with Gasteiger partial charge in [-0.2, -0.15) is 13.2 Å². The molecule has 33 heavy (non-hydrogen) atoms. The molecule has 1 aliphatic rings. The molecule has 0 radical (unpaired) electrons. The Bertz CT molecular complexity index is 886. The molecule has 0 aliphatic carbocycles. The predicted molar refractivity (Wildman–Crippen MR) is 127 cm³/mol. The standard InChI is InChI=1S/C13H17NO2.C11H10F3N.C2H6/c1-10-2-4-11(5-3-10)13(15)14-12-6-8-16-9-7-12;1-8(6-9(2)11(12,13)14)10-4-3-5-15-7-10;1-2/h2-5,12H,6-9H2,1H3,(H,14,15);3-7H,1H2,2H3;1-2H3/b;9-6+;. The molecule has 0 spiro atoms. The van der Waals surface area contributed by atoms with Gasteiger partial charge in [0.1, 0.15) is 0 Å². The van der Waals surface area contributed by atoms with Crippen LogP contribution in [0.5, 0.6) is 0 Å². The van der Waals surface area contributed by atoms with E-state index in [2.05, 4.69) is 16.9 Å². The molecule has 180 valence electrons. The first-order valence-electron chi connectivity index (χ1n) is 11.0. The minimum Gasteiger partial charge on any atom is -0.381 e. The van der Waals surface area contributed by atoms with Crippen molar-refractivity contribution in [1.82, 2.24) is 10.3 Å². The van der Waals surface area contributed by atoms with E-state index in [1.165, 1.54) is 11.8 Å². The summed E-state index contributed by atoms with van der Waals surface area (Å²) in [6, 6.07) is 11.2. The van der Waals surface area contributed by atoms with Crippen molar-refractivity contribution in [2.24, 2.45) is 0 Å². The van der Waals surface area contributed by atoms with Crippen molar-refractivity contribution in [2.75, 3.05) is 13.2 Å². The molecule has 1 aliphatic heterocycles. The fraction of sp³-hybridized carbons (Fsp3) is 0.385. The zero-order valence-corrected chi connectivity index (χ0v) is 19.7. The zero-order chi connectivity index (χ0) is 24.9. The third-order valence-electron chi connectivity index (χ3n) is 4.74. The molecule has 4 nitrogen and oxygen atoms in total. The lowest BCUT2D eigenvalue weighted by atomic mass is 10.1. The number of hydrogen-bond donors (Lipinski definition) is 1. The van der Waals surface area contributed by atoms with Crippen LogP contribution in [-0.4, -0.2) is 36.3 Å². The Morgan fingerprint density at radius 3 is 2.24 bits per heavy atom. The summed E-state index contributed by atoms with van der Waals surface area (Å²) in [4.78, 5) is 15.7. The highest BCUT2D eigenvalue weighted by Crippen LogP contribution is 2.27. The van der Waals surface area contributed by atoms with Crippen LogP contribution in [0.1, 0.15) is 55.1 Å². The molecular formula is C26H33F3N2O2. The number of ether oxygens (including phenoxy) is 1. The molecular weight excluding hydrogens is 429 g/mol. The van der Waals surface area contributed by atoms with Crippen LogP contribution in [0.15, 0.2) is 67.0 Å². The monoisotopic (exact) mass is 462 g/mol. The van der Waals surface area contributed by atoms with E-state index in [9.17, 15) is 18.0 Å². The van der Waals surface area contributed by atoms with E-state index in [-0.39, 0.29) is 11.9 Å². The Balaban J connectivity index is 0.000000308. The Morgan fingerprint density at radius 2 is 1.73 bits per heavy atom. The molecule has 1 fully saturated rings. The highest BCUT2D eigenvalue weighted by molar-refractivity contribution is 5.94. The molecule has 3 rings (SSSR count). The molecule has 0 bridgehead atoms. The van der Waals surface area contributed by atoms with Crippen LogP contribution in [0.4, 0.5) is 13.2 Å². The SMILES string of the molecule is C=C(/C=C(\C)C(F)(F)F)c1cccnc1.CC.Cc1ccc(C(=O)NC2CCOCC2)cc1. The summed E-state index contributed by atoms with van der Waals surface area (Å²) in [6.07, 6.45) is 1.57. The van der Waals surface area contributed by atoms with E-state index in [0.717, 1.165) is 44.6 Å². The average Bonchev–Trinajstić information content (AvgIpc) is 2.82. The smallest absolute Gasteiger partial charge is 0.381 e. The molecule has 1 aromatic carbocycles. The van der Waals surface area contributed by atoms with E-state index in [0.29, 0.717) is 11.1 Å². The minimum absolute atomic E-state index is 0.0203. The number of carbonyl (C=O) groups is 1. The van der Waals surface area contributed by atoms with Gasteiger partial charge in [-0.05, 0) is 62.1 Å². The van der Waals surface area contributed by atoms with Gasteiger partial charge in [0, 0.05) is 42.8 Å². The van der Waals surface area contributed by atoms with Gasteiger partial charge in [-0.25, -0.2) is 0 Å². The molecule has 0 unspecified atom stereocenters. The topological polar surface area (TPSA) is 51.2 Å². The van der Waals surface area contributed by atoms with Gasteiger partial charge >= 0.3 is 6.18 Å². The van der Waals surface area contributed by atoms with Gasteiger partial charge < -0.3 is 10.1 Å². The maximum absolute atomic E-state index is 12.2. The number of benzene rings is 1. The van der Waals surface area contributed by atoms with E-state index in [4.69, 9.17) is 4.74 Å². The first-order chi connectivity index (χ1) is 15.7. The first-order valence-corrected chi connectivity index (χ1v) is 11.0. The summed E-state index contributed by atoms with van der Waals surface area (Å²) in [5, 5.41) is 3.04. The van der Waals surface area contributed by atoms with Crippen molar-refractivity contribution < 1.29 is 22.7 Å². The second-order valence-electron chi connectivity index (χ2n) is 7.32. The number of hydrogen-bond acceptors (Lipinski definition) is 3. The molecule has 1 N–H and O–H groups in total. The summed E-state index contributed by atoms with van der Waals surface area (Å²) < 4.78 is 41.9. The van der Waals surface area contributed by atoms with E-state index < -0.39 is 11.7 Å². The fourth-order valence-electron chi connectivity index (χ4n) is 2.79. The van der Waals surface area contributed by atoms with Crippen molar-refractivity contribution in [3.63, 3.8) is 0 Å². The summed E-state index contributed by atoms with van der Waals surface area (Å²) in [5.74, 6) is 0.0203. The Morgan fingerprint density at radius 1 is 1.12 bits per heavy atom. The van der Waals surface area contributed by atoms with Crippen molar-refractivity contribution >= 4 is 11.5 Å². The van der Waals surface area contributed by atoms with Crippen LogP contribution < -0.4 is 5.32 Å².